The molecule has 0 radical (unpaired) electrons. The van der Waals surface area contributed by atoms with E-state index in [4.69, 9.17) is 0 Å². The van der Waals surface area contributed by atoms with Crippen molar-refractivity contribution in [2.45, 2.75) is 10.5 Å². The van der Waals surface area contributed by atoms with Crippen LogP contribution in [-0.2, 0) is 0 Å². The molecule has 0 unspecified atom stereocenters. The lowest BCUT2D eigenvalue weighted by atomic mass is 10.8. The highest BCUT2D eigenvalue weighted by Gasteiger charge is 2.27. The van der Waals surface area contributed by atoms with Crippen molar-refractivity contribution in [2.75, 3.05) is 5.75 Å². The molecular formula is C4H3F3N2S2. The van der Waals surface area contributed by atoms with Crippen LogP contribution < -0.4 is 0 Å². The fourth-order valence-electron chi connectivity index (χ4n) is 0.369. The number of alkyl halides is 3. The molecular weight excluding hydrogens is 197 g/mol. The van der Waals surface area contributed by atoms with Crippen molar-refractivity contribution in [2.24, 2.45) is 0 Å². The highest BCUT2D eigenvalue weighted by atomic mass is 32.2. The summed E-state index contributed by atoms with van der Waals surface area (Å²) in [5.74, 6) is -0.901. The van der Waals surface area contributed by atoms with Crippen molar-refractivity contribution in [3.63, 3.8) is 0 Å². The van der Waals surface area contributed by atoms with Gasteiger partial charge in [-0.15, -0.1) is 10.2 Å². The summed E-state index contributed by atoms with van der Waals surface area (Å²) >= 11 is 1.76. The van der Waals surface area contributed by atoms with E-state index < -0.39 is 11.9 Å². The van der Waals surface area contributed by atoms with Gasteiger partial charge >= 0.3 is 6.18 Å². The summed E-state index contributed by atoms with van der Waals surface area (Å²) in [6.07, 6.45) is -4.13. The van der Waals surface area contributed by atoms with Gasteiger partial charge in [-0.3, -0.25) is 0 Å². The molecule has 0 aliphatic rings. The van der Waals surface area contributed by atoms with Gasteiger partial charge < -0.3 is 0 Å². The number of halogens is 3. The second-order valence-corrected chi connectivity index (χ2v) is 3.66. The van der Waals surface area contributed by atoms with Crippen LogP contribution >= 0.6 is 23.1 Å². The maximum atomic E-state index is 11.6. The molecule has 62 valence electrons. The van der Waals surface area contributed by atoms with E-state index in [-0.39, 0.29) is 0 Å². The SMILES string of the molecule is FC(F)(F)CSc1nncs1. The van der Waals surface area contributed by atoms with Gasteiger partial charge in [-0.05, 0) is 0 Å². The zero-order valence-electron chi connectivity index (χ0n) is 5.13. The summed E-state index contributed by atoms with van der Waals surface area (Å²) in [5.41, 5.74) is 1.40. The predicted molar refractivity (Wildman–Crippen MR) is 36.7 cm³/mol. The first-order chi connectivity index (χ1) is 5.08. The van der Waals surface area contributed by atoms with E-state index in [1.165, 1.54) is 5.51 Å². The summed E-state index contributed by atoms with van der Waals surface area (Å²) in [5, 5.41) is 6.85. The van der Waals surface area contributed by atoms with Gasteiger partial charge in [0.25, 0.3) is 0 Å². The first kappa shape index (κ1) is 8.79. The summed E-state index contributed by atoms with van der Waals surface area (Å²) in [4.78, 5) is 0. The molecule has 1 aromatic heterocycles. The van der Waals surface area contributed by atoms with Gasteiger partial charge in [-0.25, -0.2) is 0 Å². The van der Waals surface area contributed by atoms with E-state index in [1.54, 1.807) is 0 Å². The Morgan fingerprint density at radius 3 is 2.73 bits per heavy atom. The summed E-state index contributed by atoms with van der Waals surface area (Å²) in [6.45, 7) is 0. The first-order valence-corrected chi connectivity index (χ1v) is 4.40. The Kier molecular flexibility index (Phi) is 2.72. The molecule has 11 heavy (non-hydrogen) atoms. The summed E-state index contributed by atoms with van der Waals surface area (Å²) in [6, 6.07) is 0. The Hall–Kier alpha value is -0.300. The molecule has 1 aromatic rings. The van der Waals surface area contributed by atoms with Crippen LogP contribution in [0.15, 0.2) is 9.85 Å². The maximum Gasteiger partial charge on any atom is 0.398 e. The van der Waals surface area contributed by atoms with Crippen LogP contribution in [0.1, 0.15) is 0 Å². The van der Waals surface area contributed by atoms with Crippen LogP contribution in [-0.4, -0.2) is 22.1 Å². The Balaban J connectivity index is 2.35. The Morgan fingerprint density at radius 1 is 1.55 bits per heavy atom. The van der Waals surface area contributed by atoms with Gasteiger partial charge in [0.15, 0.2) is 4.34 Å². The fourth-order valence-corrected chi connectivity index (χ4v) is 1.62. The molecule has 0 bridgehead atoms. The summed E-state index contributed by atoms with van der Waals surface area (Å²) < 4.78 is 35.1. The second-order valence-electron chi connectivity index (χ2n) is 1.61. The zero-order chi connectivity index (χ0) is 8.32. The van der Waals surface area contributed by atoms with E-state index in [2.05, 4.69) is 10.2 Å². The van der Waals surface area contributed by atoms with Crippen molar-refractivity contribution in [1.82, 2.24) is 10.2 Å². The minimum atomic E-state index is -4.13. The third kappa shape index (κ3) is 3.57. The molecule has 2 nitrogen and oxygen atoms in total. The van der Waals surface area contributed by atoms with Crippen LogP contribution in [0.25, 0.3) is 0 Å². The monoisotopic (exact) mass is 200 g/mol. The number of nitrogens with zero attached hydrogens (tertiary/aromatic N) is 2. The van der Waals surface area contributed by atoms with E-state index in [0.717, 1.165) is 11.3 Å². The molecule has 0 aliphatic carbocycles. The lowest BCUT2D eigenvalue weighted by Crippen LogP contribution is -2.10. The Labute approximate surface area is 68.8 Å². The van der Waals surface area contributed by atoms with Gasteiger partial charge in [0.1, 0.15) is 5.51 Å². The molecule has 1 heterocycles. The summed E-state index contributed by atoms with van der Waals surface area (Å²) in [7, 11) is 0. The molecule has 0 N–H and O–H groups in total. The van der Waals surface area contributed by atoms with Crippen molar-refractivity contribution < 1.29 is 13.2 Å². The van der Waals surface area contributed by atoms with Crippen LogP contribution in [0, 0.1) is 0 Å². The molecule has 0 amide bonds. The molecule has 0 saturated heterocycles. The van der Waals surface area contributed by atoms with Crippen molar-refractivity contribution >= 4 is 23.1 Å². The average Bonchev–Trinajstić information content (AvgIpc) is 2.32. The normalized spacial score (nSPS) is 11.9. The standard InChI is InChI=1S/C4H3F3N2S2/c5-4(6,7)1-10-3-9-8-2-11-3/h2H,1H2. The molecule has 0 spiro atoms. The van der Waals surface area contributed by atoms with Gasteiger partial charge in [0.2, 0.25) is 0 Å². The van der Waals surface area contributed by atoms with Crippen molar-refractivity contribution in [3.05, 3.63) is 5.51 Å². The van der Waals surface area contributed by atoms with E-state index in [1.807, 2.05) is 0 Å². The van der Waals surface area contributed by atoms with E-state index >= 15 is 0 Å². The third-order valence-electron chi connectivity index (χ3n) is 0.699. The van der Waals surface area contributed by atoms with E-state index in [9.17, 15) is 13.2 Å². The maximum absolute atomic E-state index is 11.6. The van der Waals surface area contributed by atoms with Gasteiger partial charge in [-0.1, -0.05) is 23.1 Å². The number of aromatic nitrogens is 2. The van der Waals surface area contributed by atoms with Crippen molar-refractivity contribution in [3.8, 4) is 0 Å². The average molecular weight is 200 g/mol. The first-order valence-electron chi connectivity index (χ1n) is 2.53. The molecule has 0 aliphatic heterocycles. The quantitative estimate of drug-likeness (QED) is 0.684. The van der Waals surface area contributed by atoms with Crippen molar-refractivity contribution in [1.29, 1.82) is 0 Å². The number of rotatable bonds is 2. The number of hydrogen-bond acceptors (Lipinski definition) is 4. The van der Waals surface area contributed by atoms with Crippen LogP contribution in [0.5, 0.6) is 0 Å². The molecule has 0 atom stereocenters. The minimum absolute atomic E-state index is 0.349. The molecule has 7 heteroatoms. The molecule has 0 saturated carbocycles. The van der Waals surface area contributed by atoms with Gasteiger partial charge in [0, 0.05) is 0 Å². The van der Waals surface area contributed by atoms with E-state index in [0.29, 0.717) is 16.1 Å². The highest BCUT2D eigenvalue weighted by molar-refractivity contribution is 8.01. The predicted octanol–water partition coefficient (Wildman–Crippen LogP) is 2.19. The van der Waals surface area contributed by atoms with Crippen LogP contribution in [0.2, 0.25) is 0 Å². The van der Waals surface area contributed by atoms with Gasteiger partial charge in [-0.2, -0.15) is 13.2 Å². The van der Waals surface area contributed by atoms with Crippen LogP contribution in [0.3, 0.4) is 0 Å². The fraction of sp³-hybridized carbons (Fsp3) is 0.500. The highest BCUT2D eigenvalue weighted by Crippen LogP contribution is 2.27. The van der Waals surface area contributed by atoms with Crippen LogP contribution in [0.4, 0.5) is 13.2 Å². The zero-order valence-corrected chi connectivity index (χ0v) is 6.76. The molecule has 0 aromatic carbocycles. The Bertz CT molecular complexity index is 208. The number of thioether (sulfide) groups is 1. The Morgan fingerprint density at radius 2 is 2.27 bits per heavy atom. The third-order valence-corrected chi connectivity index (χ3v) is 2.62. The largest absolute Gasteiger partial charge is 0.398 e. The lowest BCUT2D eigenvalue weighted by Gasteiger charge is -2.01. The second kappa shape index (κ2) is 3.40. The number of hydrogen-bond donors (Lipinski definition) is 0. The smallest absolute Gasteiger partial charge is 0.170 e. The topological polar surface area (TPSA) is 25.8 Å². The lowest BCUT2D eigenvalue weighted by molar-refractivity contribution is -0.105. The molecule has 1 rings (SSSR count). The minimum Gasteiger partial charge on any atom is -0.170 e. The molecule has 0 fully saturated rings. The van der Waals surface area contributed by atoms with Gasteiger partial charge in [0.05, 0.1) is 5.75 Å².